The van der Waals surface area contributed by atoms with Crippen LogP contribution in [0.1, 0.15) is 22.8 Å². The lowest BCUT2D eigenvalue weighted by molar-refractivity contribution is -0.145. The van der Waals surface area contributed by atoms with Crippen LogP contribution in [-0.4, -0.2) is 29.6 Å². The fraction of sp³-hybridized carbons (Fsp3) is 0.222. The van der Waals surface area contributed by atoms with Crippen LogP contribution in [0.5, 0.6) is 5.75 Å². The number of carbonyl (C=O) groups excluding carboxylic acids is 2. The summed E-state index contributed by atoms with van der Waals surface area (Å²) in [4.78, 5) is 24.6. The molecular formula is C18H17I2NO4. The van der Waals surface area contributed by atoms with E-state index in [-0.39, 0.29) is 24.7 Å². The average Bonchev–Trinajstić information content (AvgIpc) is 2.60. The SMILES string of the molecule is CCOC(=O)[C@@H](Cc1cc(I)c(O)c(I)c1)NC(=O)c1ccccc1. The summed E-state index contributed by atoms with van der Waals surface area (Å²) in [6, 6.07) is 11.5. The normalized spacial score (nSPS) is 11.6. The van der Waals surface area contributed by atoms with Crippen molar-refractivity contribution >= 4 is 57.1 Å². The van der Waals surface area contributed by atoms with E-state index in [1.54, 1.807) is 43.3 Å². The first-order valence-electron chi connectivity index (χ1n) is 7.61. The molecule has 1 amide bonds. The maximum atomic E-state index is 12.4. The molecule has 0 aromatic heterocycles. The highest BCUT2D eigenvalue weighted by molar-refractivity contribution is 14.1. The fourth-order valence-electron chi connectivity index (χ4n) is 2.24. The summed E-state index contributed by atoms with van der Waals surface area (Å²) in [5.74, 6) is -0.599. The minimum atomic E-state index is -0.802. The molecule has 0 saturated carbocycles. The first-order chi connectivity index (χ1) is 11.9. The number of amides is 1. The van der Waals surface area contributed by atoms with E-state index in [0.717, 1.165) is 5.56 Å². The topological polar surface area (TPSA) is 75.6 Å². The Morgan fingerprint density at radius 3 is 2.32 bits per heavy atom. The van der Waals surface area contributed by atoms with Crippen molar-refractivity contribution in [3.05, 3.63) is 60.7 Å². The number of halogens is 2. The van der Waals surface area contributed by atoms with E-state index < -0.39 is 12.0 Å². The molecule has 0 spiro atoms. The van der Waals surface area contributed by atoms with Crippen LogP contribution in [0.25, 0.3) is 0 Å². The van der Waals surface area contributed by atoms with E-state index in [2.05, 4.69) is 5.32 Å². The smallest absolute Gasteiger partial charge is 0.328 e. The Balaban J connectivity index is 2.21. The number of ether oxygens (including phenoxy) is 1. The average molecular weight is 565 g/mol. The predicted molar refractivity (Wildman–Crippen MR) is 112 cm³/mol. The first kappa shape index (κ1) is 20.0. The first-order valence-corrected chi connectivity index (χ1v) is 9.77. The zero-order valence-electron chi connectivity index (χ0n) is 13.5. The Hall–Kier alpha value is -1.36. The van der Waals surface area contributed by atoms with E-state index in [1.165, 1.54) is 0 Å². The van der Waals surface area contributed by atoms with Gasteiger partial charge in [0.25, 0.3) is 5.91 Å². The second kappa shape index (κ2) is 9.37. The third-order valence-corrected chi connectivity index (χ3v) is 5.07. The molecule has 0 radical (unpaired) electrons. The van der Waals surface area contributed by atoms with Gasteiger partial charge >= 0.3 is 5.97 Å². The summed E-state index contributed by atoms with van der Waals surface area (Å²) >= 11 is 4.07. The molecule has 25 heavy (non-hydrogen) atoms. The van der Waals surface area contributed by atoms with Crippen LogP contribution in [0.3, 0.4) is 0 Å². The zero-order chi connectivity index (χ0) is 18.4. The molecule has 2 aromatic rings. The molecule has 1 atom stereocenters. The van der Waals surface area contributed by atoms with Crippen molar-refractivity contribution in [3.8, 4) is 5.75 Å². The number of nitrogens with one attached hydrogen (secondary N) is 1. The third-order valence-electron chi connectivity index (χ3n) is 3.43. The highest BCUT2D eigenvalue weighted by Crippen LogP contribution is 2.28. The summed E-state index contributed by atoms with van der Waals surface area (Å²) in [6.45, 7) is 1.96. The molecule has 2 rings (SSSR count). The second-order valence-electron chi connectivity index (χ2n) is 5.26. The number of phenolic OH excluding ortho intramolecular Hbond substituents is 1. The van der Waals surface area contributed by atoms with Crippen molar-refractivity contribution in [2.24, 2.45) is 0 Å². The molecule has 2 N–H and O–H groups in total. The third kappa shape index (κ3) is 5.56. The van der Waals surface area contributed by atoms with Crippen LogP contribution in [0.15, 0.2) is 42.5 Å². The van der Waals surface area contributed by atoms with E-state index >= 15 is 0 Å². The second-order valence-corrected chi connectivity index (χ2v) is 7.58. The lowest BCUT2D eigenvalue weighted by Crippen LogP contribution is -2.43. The molecule has 0 saturated heterocycles. The van der Waals surface area contributed by atoms with Gasteiger partial charge in [0.05, 0.1) is 13.7 Å². The lowest BCUT2D eigenvalue weighted by Gasteiger charge is -2.18. The molecular weight excluding hydrogens is 548 g/mol. The van der Waals surface area contributed by atoms with Crippen molar-refractivity contribution in [1.29, 1.82) is 0 Å². The molecule has 7 heteroatoms. The Labute approximate surface area is 173 Å². The van der Waals surface area contributed by atoms with Gasteiger partial charge in [0.1, 0.15) is 11.8 Å². The molecule has 0 bridgehead atoms. The molecule has 0 heterocycles. The summed E-state index contributed by atoms with van der Waals surface area (Å²) in [5.41, 5.74) is 1.31. The monoisotopic (exact) mass is 565 g/mol. The number of hydrogen-bond acceptors (Lipinski definition) is 4. The van der Waals surface area contributed by atoms with Crippen molar-refractivity contribution in [3.63, 3.8) is 0 Å². The van der Waals surface area contributed by atoms with Crippen LogP contribution in [0.4, 0.5) is 0 Å². The molecule has 0 aliphatic heterocycles. The van der Waals surface area contributed by atoms with Crippen LogP contribution in [0, 0.1) is 7.14 Å². The molecule has 132 valence electrons. The van der Waals surface area contributed by atoms with Gasteiger partial charge in [0.2, 0.25) is 0 Å². The Kier molecular flexibility index (Phi) is 7.48. The maximum absolute atomic E-state index is 12.4. The maximum Gasteiger partial charge on any atom is 0.328 e. The molecule has 0 aliphatic rings. The van der Waals surface area contributed by atoms with Gasteiger partial charge in [-0.05, 0) is 81.9 Å². The van der Waals surface area contributed by atoms with Gasteiger partial charge < -0.3 is 15.2 Å². The molecule has 0 fully saturated rings. The van der Waals surface area contributed by atoms with Gasteiger partial charge in [0, 0.05) is 12.0 Å². The summed E-state index contributed by atoms with van der Waals surface area (Å²) in [6.07, 6.45) is 0.281. The quantitative estimate of drug-likeness (QED) is 0.416. The van der Waals surface area contributed by atoms with E-state index in [1.807, 2.05) is 51.2 Å². The van der Waals surface area contributed by atoms with Crippen LogP contribution in [0.2, 0.25) is 0 Å². The number of esters is 1. The number of hydrogen-bond donors (Lipinski definition) is 2. The zero-order valence-corrected chi connectivity index (χ0v) is 17.8. The van der Waals surface area contributed by atoms with Gasteiger partial charge in [0.15, 0.2) is 0 Å². The molecule has 0 unspecified atom stereocenters. The number of carbonyl (C=O) groups is 2. The van der Waals surface area contributed by atoms with Gasteiger partial charge in [-0.1, -0.05) is 18.2 Å². The summed E-state index contributed by atoms with van der Waals surface area (Å²) in [7, 11) is 0. The van der Waals surface area contributed by atoms with E-state index in [9.17, 15) is 14.7 Å². The van der Waals surface area contributed by atoms with Crippen LogP contribution >= 0.6 is 45.2 Å². The van der Waals surface area contributed by atoms with Gasteiger partial charge in [-0.15, -0.1) is 0 Å². The standard InChI is InChI=1S/C18H17I2NO4/c1-2-25-18(24)15(21-17(23)12-6-4-3-5-7-12)10-11-8-13(19)16(22)14(20)9-11/h3-9,15,22H,2,10H2,1H3,(H,21,23)/t15-/m1/s1. The minimum Gasteiger partial charge on any atom is -0.506 e. The van der Waals surface area contributed by atoms with Crippen molar-refractivity contribution in [2.75, 3.05) is 6.61 Å². The lowest BCUT2D eigenvalue weighted by atomic mass is 10.0. The fourth-order valence-corrected chi connectivity index (χ4v) is 4.14. The highest BCUT2D eigenvalue weighted by Gasteiger charge is 2.23. The van der Waals surface area contributed by atoms with Crippen molar-refractivity contribution < 1.29 is 19.4 Å². The summed E-state index contributed by atoms with van der Waals surface area (Å²) in [5, 5.41) is 12.6. The summed E-state index contributed by atoms with van der Waals surface area (Å²) < 4.78 is 6.47. The number of aromatic hydroxyl groups is 1. The predicted octanol–water partition coefficient (Wildman–Crippen LogP) is 3.51. The Bertz CT molecular complexity index is 742. The molecule has 5 nitrogen and oxygen atoms in total. The van der Waals surface area contributed by atoms with Crippen molar-refractivity contribution in [1.82, 2.24) is 5.32 Å². The highest BCUT2D eigenvalue weighted by atomic mass is 127. The molecule has 2 aromatic carbocycles. The Morgan fingerprint density at radius 1 is 1.16 bits per heavy atom. The van der Waals surface area contributed by atoms with Crippen molar-refractivity contribution in [2.45, 2.75) is 19.4 Å². The van der Waals surface area contributed by atoms with Gasteiger partial charge in [-0.25, -0.2) is 4.79 Å². The van der Waals surface area contributed by atoms with Gasteiger partial charge in [-0.2, -0.15) is 0 Å². The van der Waals surface area contributed by atoms with E-state index in [4.69, 9.17) is 4.74 Å². The number of phenols is 1. The number of benzene rings is 2. The minimum absolute atomic E-state index is 0.214. The van der Waals surface area contributed by atoms with E-state index in [0.29, 0.717) is 12.7 Å². The van der Waals surface area contributed by atoms with Crippen LogP contribution in [-0.2, 0) is 16.0 Å². The van der Waals surface area contributed by atoms with Gasteiger partial charge in [-0.3, -0.25) is 4.79 Å². The van der Waals surface area contributed by atoms with Crippen LogP contribution < -0.4 is 5.32 Å². The largest absolute Gasteiger partial charge is 0.506 e. The molecule has 0 aliphatic carbocycles. The number of rotatable bonds is 6. The Morgan fingerprint density at radius 2 is 1.76 bits per heavy atom.